The van der Waals surface area contributed by atoms with E-state index >= 15 is 0 Å². The summed E-state index contributed by atoms with van der Waals surface area (Å²) in [6, 6.07) is 3.40. The number of benzene rings is 3. The molecule has 15 unspecified atom stereocenters. The Kier molecular flexibility index (Phi) is 23.5. The van der Waals surface area contributed by atoms with Crippen LogP contribution in [0.4, 0.5) is 0 Å². The van der Waals surface area contributed by atoms with E-state index in [1.54, 1.807) is 22.8 Å². The van der Waals surface area contributed by atoms with Crippen LogP contribution in [0.3, 0.4) is 0 Å². The summed E-state index contributed by atoms with van der Waals surface area (Å²) >= 11 is 1.29. The Morgan fingerprint density at radius 2 is 1.49 bits per heavy atom. The molecule has 33 nitrogen and oxygen atoms in total. The van der Waals surface area contributed by atoms with E-state index in [1.165, 1.54) is 30.4 Å². The summed E-state index contributed by atoms with van der Waals surface area (Å²) in [5.41, 5.74) is 6.79. The molecule has 8 rings (SSSR count). The molecule has 8 amide bonds. The number of unbranched alkanes of at least 4 members (excludes halogenated alkanes) is 2. The summed E-state index contributed by atoms with van der Waals surface area (Å²) in [6.07, 6.45) is -14.9. The number of hydrogen-bond acceptors (Lipinski definition) is 26. The van der Waals surface area contributed by atoms with Crippen molar-refractivity contribution < 1.29 is 108 Å². The van der Waals surface area contributed by atoms with Crippen LogP contribution in [0.15, 0.2) is 72.9 Å². The van der Waals surface area contributed by atoms with Gasteiger partial charge in [-0.1, -0.05) is 65.6 Å². The predicted molar refractivity (Wildman–Crippen MR) is 319 cm³/mol. The smallest absolute Gasteiger partial charge is 0.261 e. The maximum atomic E-state index is 14.7. The first-order chi connectivity index (χ1) is 43.8. The van der Waals surface area contributed by atoms with Gasteiger partial charge >= 0.3 is 0 Å². The zero-order valence-electron chi connectivity index (χ0n) is 49.5. The van der Waals surface area contributed by atoms with Crippen LogP contribution in [0, 0.1) is 5.92 Å². The Balaban J connectivity index is 1.10. The number of carbonyl (C=O) groups is 8. The number of carbonyl (C=O) groups excluding carboxylic acids is 8. The maximum Gasteiger partial charge on any atom is 0.261 e. The van der Waals surface area contributed by atoms with Gasteiger partial charge in [-0.15, -0.1) is 0 Å². The van der Waals surface area contributed by atoms with Crippen LogP contribution in [-0.4, -0.2) is 222 Å². The largest absolute Gasteiger partial charge is 0.504 e. The van der Waals surface area contributed by atoms with Crippen LogP contribution in [0.2, 0.25) is 0 Å². The summed E-state index contributed by atoms with van der Waals surface area (Å²) in [7, 11) is 0. The Labute approximate surface area is 531 Å². The van der Waals surface area contributed by atoms with Crippen LogP contribution in [-0.2, 0) is 42.9 Å². The number of phenols is 1. The van der Waals surface area contributed by atoms with Gasteiger partial charge < -0.3 is 97.0 Å². The SMILES string of the molecule is CCCCCOc1ccc(-c2nn3cc(-c4ccc(C(=O)NC5CC(O)C(O)NC(=O)C6C(O)C(C)CN6C(=O)C(C(O)CC(N)=O)NC(=O)C(C(O)C(O)c6ccc(O)c(OSOOO)c6)NC(=O)C6CC(O)CN6C(=O)C(C(C)O)NC5=O)cc4)nc3s2)cc1. The molecule has 92 heavy (non-hydrogen) atoms. The van der Waals surface area contributed by atoms with Crippen molar-refractivity contribution in [1.82, 2.24) is 51.0 Å². The third kappa shape index (κ3) is 16.5. The van der Waals surface area contributed by atoms with Gasteiger partial charge in [-0.2, -0.15) is 5.10 Å². The number of fused-ring (bicyclic) bond motifs is 3. The van der Waals surface area contributed by atoms with Gasteiger partial charge in [-0.3, -0.25) is 38.4 Å². The van der Waals surface area contributed by atoms with Crippen molar-refractivity contribution >= 4 is 75.9 Å². The molecule has 5 heterocycles. The van der Waals surface area contributed by atoms with Gasteiger partial charge in [-0.05, 0) is 67.4 Å². The number of aromatic hydroxyl groups is 1. The van der Waals surface area contributed by atoms with E-state index in [-0.39, 0.29) is 23.5 Å². The summed E-state index contributed by atoms with van der Waals surface area (Å²) in [5.74, 6) is -12.0. The number of amides is 8. The Morgan fingerprint density at radius 1 is 0.815 bits per heavy atom. The van der Waals surface area contributed by atoms with E-state index in [4.69, 9.17) is 24.9 Å². The van der Waals surface area contributed by atoms with Crippen LogP contribution in [0.25, 0.3) is 26.8 Å². The third-order valence-electron chi connectivity index (χ3n) is 15.7. The quantitative estimate of drug-likeness (QED) is 0.0164. The molecule has 0 aliphatic carbocycles. The number of imidazole rings is 1. The van der Waals surface area contributed by atoms with E-state index in [9.17, 15) is 84.3 Å². The molecule has 5 aromatic rings. The highest BCUT2D eigenvalue weighted by Gasteiger charge is 2.51. The lowest BCUT2D eigenvalue weighted by molar-refractivity contribution is -0.433. The Hall–Kier alpha value is -8.17. The highest BCUT2D eigenvalue weighted by atomic mass is 32.2. The lowest BCUT2D eigenvalue weighted by Gasteiger charge is -2.34. The summed E-state index contributed by atoms with van der Waals surface area (Å²) in [5, 5.41) is 130. The molecule has 3 aromatic carbocycles. The number of aliphatic hydroxyl groups excluding tert-OH is 8. The highest BCUT2D eigenvalue weighted by Crippen LogP contribution is 2.35. The first-order valence-corrected chi connectivity index (χ1v) is 30.5. The molecule has 15 atom stereocenters. The average molecular weight is 1330 g/mol. The molecule has 3 aliphatic heterocycles. The van der Waals surface area contributed by atoms with Crippen LogP contribution < -0.4 is 41.2 Å². The number of nitrogens with two attached hydrogens (primary N) is 1. The number of primary amides is 1. The van der Waals surface area contributed by atoms with Crippen molar-refractivity contribution in [2.24, 2.45) is 11.7 Å². The van der Waals surface area contributed by atoms with Crippen molar-refractivity contribution in [3.63, 3.8) is 0 Å². The molecular weight excluding hydrogens is 1250 g/mol. The number of aliphatic hydroxyl groups is 8. The Bertz CT molecular complexity index is 3420. The van der Waals surface area contributed by atoms with E-state index in [0.29, 0.717) is 37.6 Å². The minimum atomic E-state index is -2.56. The number of aromatic nitrogens is 3. The maximum absolute atomic E-state index is 14.7. The Morgan fingerprint density at radius 3 is 2.15 bits per heavy atom. The molecule has 3 saturated heterocycles. The topological polar surface area (TPSA) is 499 Å². The fourth-order valence-corrected chi connectivity index (χ4v) is 11.8. The number of phenolic OH excluding ortho intramolecular Hbond substituents is 1. The molecule has 0 spiro atoms. The second-order valence-corrected chi connectivity index (χ2v) is 23.8. The number of nitrogens with one attached hydrogen (secondary N) is 5. The third-order valence-corrected chi connectivity index (χ3v) is 17.0. The lowest BCUT2D eigenvalue weighted by atomic mass is 9.96. The molecule has 17 N–H and O–H groups in total. The van der Waals surface area contributed by atoms with Gasteiger partial charge in [0.25, 0.3) is 18.2 Å². The first-order valence-electron chi connectivity index (χ1n) is 29.0. The van der Waals surface area contributed by atoms with E-state index in [0.717, 1.165) is 55.7 Å². The number of nitrogens with zero attached hydrogens (tertiary/aromatic N) is 5. The molecule has 0 bridgehead atoms. The van der Waals surface area contributed by atoms with Crippen molar-refractivity contribution in [3.05, 3.63) is 84.1 Å². The van der Waals surface area contributed by atoms with Crippen molar-refractivity contribution in [2.75, 3.05) is 19.7 Å². The standard InChI is InChI=1S/C57H71N11O22S2/c1-4-5-6-17-87-32-14-11-29(12-15-32)54-65-68-24-34(60-57(68)91-54)27-7-9-28(10-8-27)48(78)59-33-20-38(73)51(81)64-53(83)44-45(75)25(2)22-67(44)56(85)42(37(72)21-40(58)74)62-52(82)43(47(77)46(76)30-13-16-36(71)39(18-30)88-92-90-89-86)63-50(80)35-19-31(70)23-66(35)55(84)41(26(3)69)61-49(33)79/h7-16,18,24-26,31,33,35,37-38,41-47,51,69-73,75-77,81,86H,4-6,17,19-23H2,1-3H3,(H2,58,74)(H,59,78)(H,61,79)(H,62,82)(H,63,80)(H,64,83). The molecule has 0 saturated carbocycles. The molecule has 3 aliphatic rings. The fourth-order valence-electron chi connectivity index (χ4n) is 10.7. The second kappa shape index (κ2) is 31.0. The zero-order chi connectivity index (χ0) is 66.8. The van der Waals surface area contributed by atoms with Crippen molar-refractivity contribution in [1.29, 1.82) is 0 Å². The molecule has 3 fully saturated rings. The molecule has 35 heteroatoms. The number of rotatable bonds is 20. The van der Waals surface area contributed by atoms with Gasteiger partial charge in [0.15, 0.2) is 17.7 Å². The van der Waals surface area contributed by atoms with E-state index in [2.05, 4.69) is 42.7 Å². The second-order valence-electron chi connectivity index (χ2n) is 22.4. The van der Waals surface area contributed by atoms with Gasteiger partial charge in [0.05, 0.1) is 49.3 Å². The van der Waals surface area contributed by atoms with E-state index in [1.807, 2.05) is 29.6 Å². The molecular formula is C57H71N11O22S2. The monoisotopic (exact) mass is 1330 g/mol. The molecule has 0 radical (unpaired) electrons. The minimum absolute atomic E-state index is 0.0362. The fraction of sp³-hybridized carbons (Fsp3) is 0.474. The van der Waals surface area contributed by atoms with Crippen molar-refractivity contribution in [2.45, 2.75) is 145 Å². The van der Waals surface area contributed by atoms with Gasteiger partial charge in [0.1, 0.15) is 65.3 Å². The first kappa shape index (κ1) is 69.7. The molecule has 2 aromatic heterocycles. The van der Waals surface area contributed by atoms with E-state index < -0.39 is 182 Å². The van der Waals surface area contributed by atoms with Crippen LogP contribution in [0.5, 0.6) is 17.2 Å². The summed E-state index contributed by atoms with van der Waals surface area (Å²) in [4.78, 5) is 120. The zero-order valence-corrected chi connectivity index (χ0v) is 51.1. The normalized spacial score (nSPS) is 25.9. The highest BCUT2D eigenvalue weighted by molar-refractivity contribution is 7.90. The van der Waals surface area contributed by atoms with Gasteiger partial charge in [-0.25, -0.2) is 14.8 Å². The average Bonchev–Trinajstić information content (AvgIpc) is 1.66. The number of hydrogen-bond donors (Lipinski definition) is 16. The van der Waals surface area contributed by atoms with Crippen LogP contribution in [0.1, 0.15) is 81.3 Å². The number of ether oxygens (including phenoxy) is 1. The lowest BCUT2D eigenvalue weighted by Crippen LogP contribution is -2.64. The van der Waals surface area contributed by atoms with Crippen LogP contribution >= 0.6 is 23.7 Å². The van der Waals surface area contributed by atoms with Crippen molar-refractivity contribution in [3.8, 4) is 39.1 Å². The van der Waals surface area contributed by atoms with Gasteiger partial charge in [0.2, 0.25) is 46.3 Å². The summed E-state index contributed by atoms with van der Waals surface area (Å²) in [6.45, 7) is 3.93. The minimum Gasteiger partial charge on any atom is -0.504 e. The van der Waals surface area contributed by atoms with Gasteiger partial charge in [0, 0.05) is 48.5 Å². The summed E-state index contributed by atoms with van der Waals surface area (Å²) < 4.78 is 16.6. The predicted octanol–water partition coefficient (Wildman–Crippen LogP) is -2.60. The molecule has 498 valence electrons.